The Bertz CT molecular complexity index is 1040. The standard InChI is InChI=1S/C18H23N7OS/c1-2-12-11-15(26)25-17(19-12)27-18(22-25)23-9-5-3-7-13(23)16-21-20-14-8-4-6-10-24(14)16/h11,13H,2-10H2,1H3. The van der Waals surface area contributed by atoms with Gasteiger partial charge in [-0.25, -0.2) is 4.98 Å². The summed E-state index contributed by atoms with van der Waals surface area (Å²) in [5.41, 5.74) is 0.713. The lowest BCUT2D eigenvalue weighted by Crippen LogP contribution is -2.35. The van der Waals surface area contributed by atoms with E-state index in [0.717, 1.165) is 61.2 Å². The van der Waals surface area contributed by atoms with Crippen LogP contribution in [0.4, 0.5) is 5.13 Å². The summed E-state index contributed by atoms with van der Waals surface area (Å²) in [5, 5.41) is 14.5. The van der Waals surface area contributed by atoms with Crippen LogP contribution in [0.25, 0.3) is 4.96 Å². The second-order valence-electron chi connectivity index (χ2n) is 7.31. The summed E-state index contributed by atoms with van der Waals surface area (Å²) < 4.78 is 3.74. The van der Waals surface area contributed by atoms with Gasteiger partial charge in [-0.3, -0.25) is 4.79 Å². The molecule has 1 fully saturated rings. The van der Waals surface area contributed by atoms with E-state index in [9.17, 15) is 4.79 Å². The Morgan fingerprint density at radius 3 is 2.96 bits per heavy atom. The normalized spacial score (nSPS) is 20.2. The first-order valence-electron chi connectivity index (χ1n) is 9.83. The summed E-state index contributed by atoms with van der Waals surface area (Å²) >= 11 is 1.50. The van der Waals surface area contributed by atoms with Crippen molar-refractivity contribution in [2.24, 2.45) is 0 Å². The largest absolute Gasteiger partial charge is 0.336 e. The predicted molar refractivity (Wildman–Crippen MR) is 103 cm³/mol. The lowest BCUT2D eigenvalue weighted by Gasteiger charge is -2.35. The van der Waals surface area contributed by atoms with Crippen LogP contribution in [0.3, 0.4) is 0 Å². The molecule has 0 radical (unpaired) electrons. The number of piperidine rings is 1. The molecule has 0 amide bonds. The molecule has 0 saturated carbocycles. The average molecular weight is 385 g/mol. The van der Waals surface area contributed by atoms with Crippen molar-refractivity contribution in [1.29, 1.82) is 0 Å². The third-order valence-electron chi connectivity index (χ3n) is 5.58. The zero-order valence-corrected chi connectivity index (χ0v) is 16.3. The first-order chi connectivity index (χ1) is 13.2. The monoisotopic (exact) mass is 385 g/mol. The van der Waals surface area contributed by atoms with Crippen molar-refractivity contribution < 1.29 is 0 Å². The van der Waals surface area contributed by atoms with E-state index in [0.29, 0.717) is 4.96 Å². The van der Waals surface area contributed by atoms with E-state index < -0.39 is 0 Å². The fraction of sp³-hybridized carbons (Fsp3) is 0.611. The van der Waals surface area contributed by atoms with Crippen LogP contribution >= 0.6 is 11.3 Å². The van der Waals surface area contributed by atoms with Crippen LogP contribution in [0.15, 0.2) is 10.9 Å². The minimum absolute atomic E-state index is 0.104. The summed E-state index contributed by atoms with van der Waals surface area (Å²) in [5.74, 6) is 2.16. The van der Waals surface area contributed by atoms with Crippen molar-refractivity contribution in [1.82, 2.24) is 29.4 Å². The summed E-state index contributed by atoms with van der Waals surface area (Å²) in [6, 6.07) is 1.75. The Morgan fingerprint density at radius 2 is 2.07 bits per heavy atom. The summed E-state index contributed by atoms with van der Waals surface area (Å²) in [6.07, 6.45) is 7.47. The molecule has 0 spiro atoms. The van der Waals surface area contributed by atoms with Gasteiger partial charge >= 0.3 is 0 Å². The van der Waals surface area contributed by atoms with E-state index >= 15 is 0 Å². The number of anilines is 1. The van der Waals surface area contributed by atoms with E-state index in [1.807, 2.05) is 6.92 Å². The molecule has 0 bridgehead atoms. The van der Waals surface area contributed by atoms with Gasteiger partial charge in [0, 0.05) is 31.3 Å². The lowest BCUT2D eigenvalue weighted by atomic mass is 10.0. The Morgan fingerprint density at radius 1 is 1.19 bits per heavy atom. The molecule has 0 aromatic carbocycles. The summed E-state index contributed by atoms with van der Waals surface area (Å²) in [6.45, 7) is 3.93. The summed E-state index contributed by atoms with van der Waals surface area (Å²) in [4.78, 5) is 19.9. The fourth-order valence-corrected chi connectivity index (χ4v) is 5.15. The van der Waals surface area contributed by atoms with Crippen LogP contribution < -0.4 is 10.5 Å². The molecule has 27 heavy (non-hydrogen) atoms. The third-order valence-corrected chi connectivity index (χ3v) is 6.53. The maximum Gasteiger partial charge on any atom is 0.275 e. The van der Waals surface area contributed by atoms with Gasteiger partial charge in [-0.1, -0.05) is 18.3 Å². The molecule has 142 valence electrons. The molecule has 2 aliphatic rings. The van der Waals surface area contributed by atoms with Crippen molar-refractivity contribution in [3.05, 3.63) is 33.8 Å². The molecular formula is C18H23N7OS. The van der Waals surface area contributed by atoms with Crippen molar-refractivity contribution in [2.75, 3.05) is 11.4 Å². The molecule has 5 rings (SSSR count). The van der Waals surface area contributed by atoms with Crippen LogP contribution in [-0.4, -0.2) is 35.9 Å². The zero-order chi connectivity index (χ0) is 18.4. The van der Waals surface area contributed by atoms with Crippen LogP contribution in [-0.2, 0) is 19.4 Å². The SMILES string of the molecule is CCc1cc(=O)n2nc(N3CCCCC3c3nnc4n3CCCC4)sc2n1. The Balaban J connectivity index is 1.56. The number of hydrogen-bond acceptors (Lipinski definition) is 7. The molecule has 5 heterocycles. The lowest BCUT2D eigenvalue weighted by molar-refractivity contribution is 0.421. The van der Waals surface area contributed by atoms with Gasteiger partial charge in [-0.15, -0.1) is 15.3 Å². The van der Waals surface area contributed by atoms with E-state index in [2.05, 4.69) is 29.7 Å². The van der Waals surface area contributed by atoms with E-state index in [-0.39, 0.29) is 11.6 Å². The van der Waals surface area contributed by atoms with Crippen LogP contribution in [0.1, 0.15) is 62.4 Å². The van der Waals surface area contributed by atoms with Crippen molar-refractivity contribution in [2.45, 2.75) is 64.5 Å². The third kappa shape index (κ3) is 2.84. The van der Waals surface area contributed by atoms with E-state index in [1.165, 1.54) is 35.1 Å². The highest BCUT2D eigenvalue weighted by molar-refractivity contribution is 7.20. The Kier molecular flexibility index (Phi) is 4.18. The highest BCUT2D eigenvalue weighted by atomic mass is 32.1. The van der Waals surface area contributed by atoms with E-state index in [4.69, 9.17) is 0 Å². The zero-order valence-electron chi connectivity index (χ0n) is 15.5. The smallest absolute Gasteiger partial charge is 0.275 e. The van der Waals surface area contributed by atoms with Gasteiger partial charge in [-0.05, 0) is 38.5 Å². The molecule has 3 aromatic heterocycles. The first kappa shape index (κ1) is 16.9. The topological polar surface area (TPSA) is 81.2 Å². The average Bonchev–Trinajstić information content (AvgIpc) is 3.32. The molecule has 0 N–H and O–H groups in total. The van der Waals surface area contributed by atoms with Crippen LogP contribution in [0.5, 0.6) is 0 Å². The predicted octanol–water partition coefficient (Wildman–Crippen LogP) is 2.37. The highest BCUT2D eigenvalue weighted by Crippen LogP contribution is 2.36. The van der Waals surface area contributed by atoms with Gasteiger partial charge in [0.25, 0.3) is 5.56 Å². The molecule has 8 nitrogen and oxygen atoms in total. The molecule has 1 atom stereocenters. The number of aryl methyl sites for hydroxylation is 2. The van der Waals surface area contributed by atoms with Gasteiger partial charge in [0.1, 0.15) is 5.82 Å². The van der Waals surface area contributed by atoms with Gasteiger partial charge in [0.15, 0.2) is 5.82 Å². The van der Waals surface area contributed by atoms with Gasteiger partial charge in [0.2, 0.25) is 10.1 Å². The maximum atomic E-state index is 12.4. The minimum atomic E-state index is -0.104. The second kappa shape index (κ2) is 6.70. The van der Waals surface area contributed by atoms with Crippen molar-refractivity contribution >= 4 is 21.4 Å². The van der Waals surface area contributed by atoms with Gasteiger partial charge in [-0.2, -0.15) is 4.52 Å². The van der Waals surface area contributed by atoms with Crippen molar-refractivity contribution in [3.8, 4) is 0 Å². The van der Waals surface area contributed by atoms with E-state index in [1.54, 1.807) is 6.07 Å². The molecule has 0 aliphatic carbocycles. The molecule has 3 aromatic rings. The van der Waals surface area contributed by atoms with Gasteiger partial charge < -0.3 is 9.47 Å². The number of rotatable bonds is 3. The first-order valence-corrected chi connectivity index (χ1v) is 10.6. The van der Waals surface area contributed by atoms with Gasteiger partial charge in [0.05, 0.1) is 6.04 Å². The number of hydrogen-bond donors (Lipinski definition) is 0. The molecule has 2 aliphatic heterocycles. The number of aromatic nitrogens is 6. The Labute approximate surface area is 160 Å². The molecule has 9 heteroatoms. The molecule has 1 unspecified atom stereocenters. The number of fused-ring (bicyclic) bond motifs is 2. The number of nitrogens with zero attached hydrogens (tertiary/aromatic N) is 7. The van der Waals surface area contributed by atoms with Crippen LogP contribution in [0.2, 0.25) is 0 Å². The van der Waals surface area contributed by atoms with Crippen LogP contribution in [0, 0.1) is 0 Å². The fourth-order valence-electron chi connectivity index (χ4n) is 4.15. The Hall–Kier alpha value is -2.29. The maximum absolute atomic E-state index is 12.4. The molecule has 1 saturated heterocycles. The molecular weight excluding hydrogens is 362 g/mol. The quantitative estimate of drug-likeness (QED) is 0.688. The summed E-state index contributed by atoms with van der Waals surface area (Å²) in [7, 11) is 0. The minimum Gasteiger partial charge on any atom is -0.336 e. The second-order valence-corrected chi connectivity index (χ2v) is 8.24. The highest BCUT2D eigenvalue weighted by Gasteiger charge is 2.32. The van der Waals surface area contributed by atoms with Crippen molar-refractivity contribution in [3.63, 3.8) is 0 Å².